The van der Waals surface area contributed by atoms with E-state index in [0.29, 0.717) is 25.7 Å². The number of carbonyl (C=O) groups is 4. The number of aliphatic hydroxyl groups excluding tert-OH is 1. The van der Waals surface area contributed by atoms with E-state index in [1.807, 2.05) is 0 Å². The summed E-state index contributed by atoms with van der Waals surface area (Å²) in [4.78, 5) is 73.0. The number of rotatable bonds is 79. The van der Waals surface area contributed by atoms with Crippen LogP contribution in [0, 0.1) is 5.92 Å². The monoisotopic (exact) mass is 1440 g/mol. The molecule has 0 saturated heterocycles. The van der Waals surface area contributed by atoms with Crippen molar-refractivity contribution in [3.05, 3.63) is 0 Å². The van der Waals surface area contributed by atoms with Gasteiger partial charge in [-0.3, -0.25) is 37.3 Å². The molecule has 0 fully saturated rings. The van der Waals surface area contributed by atoms with Crippen LogP contribution in [0.1, 0.15) is 420 Å². The Bertz CT molecular complexity index is 1870. The van der Waals surface area contributed by atoms with Crippen molar-refractivity contribution < 1.29 is 80.2 Å². The molecule has 0 aromatic rings. The van der Waals surface area contributed by atoms with Crippen LogP contribution in [0.3, 0.4) is 0 Å². The molecule has 0 spiro atoms. The summed E-state index contributed by atoms with van der Waals surface area (Å²) in [7, 11) is -9.92. The van der Waals surface area contributed by atoms with Gasteiger partial charge in [-0.05, 0) is 31.6 Å². The van der Waals surface area contributed by atoms with Crippen LogP contribution in [0.5, 0.6) is 0 Å². The Morgan fingerprint density at radius 3 is 0.694 bits per heavy atom. The summed E-state index contributed by atoms with van der Waals surface area (Å²) in [5, 5.41) is 10.6. The van der Waals surface area contributed by atoms with E-state index in [1.54, 1.807) is 0 Å². The van der Waals surface area contributed by atoms with E-state index in [0.717, 1.165) is 95.8 Å². The molecule has 5 atom stereocenters. The minimum Gasteiger partial charge on any atom is -0.462 e. The minimum absolute atomic E-state index is 0.107. The smallest absolute Gasteiger partial charge is 0.462 e. The van der Waals surface area contributed by atoms with E-state index >= 15 is 0 Å². The Morgan fingerprint density at radius 1 is 0.276 bits per heavy atom. The van der Waals surface area contributed by atoms with Gasteiger partial charge in [0, 0.05) is 25.7 Å². The van der Waals surface area contributed by atoms with E-state index < -0.39 is 97.5 Å². The molecule has 3 N–H and O–H groups in total. The summed E-state index contributed by atoms with van der Waals surface area (Å²) in [6.45, 7) is 7.32. The molecule has 19 heteroatoms. The van der Waals surface area contributed by atoms with Gasteiger partial charge < -0.3 is 33.8 Å². The van der Waals surface area contributed by atoms with Crippen LogP contribution < -0.4 is 0 Å². The molecule has 0 aliphatic heterocycles. The van der Waals surface area contributed by atoms with Gasteiger partial charge in [-0.1, -0.05) is 369 Å². The maximum Gasteiger partial charge on any atom is 0.472 e. The highest BCUT2D eigenvalue weighted by Crippen LogP contribution is 2.45. The normalized spacial score (nSPS) is 13.9. The maximum atomic E-state index is 13.1. The van der Waals surface area contributed by atoms with Gasteiger partial charge in [0.05, 0.1) is 26.4 Å². The number of esters is 4. The van der Waals surface area contributed by atoms with Crippen molar-refractivity contribution in [2.75, 3.05) is 39.6 Å². The Balaban J connectivity index is 5.25. The highest BCUT2D eigenvalue weighted by molar-refractivity contribution is 7.47. The molecule has 0 aromatic carbocycles. The lowest BCUT2D eigenvalue weighted by atomic mass is 10.0. The number of ether oxygens (including phenoxy) is 4. The summed E-state index contributed by atoms with van der Waals surface area (Å²) in [5.41, 5.74) is 0. The van der Waals surface area contributed by atoms with E-state index in [1.165, 1.54) is 244 Å². The zero-order chi connectivity index (χ0) is 71.9. The number of aliphatic hydroxyl groups is 1. The van der Waals surface area contributed by atoms with Crippen molar-refractivity contribution in [2.24, 2.45) is 5.92 Å². The van der Waals surface area contributed by atoms with Crippen LogP contribution in [0.2, 0.25) is 0 Å². The molecule has 0 aliphatic rings. The number of hydrogen-bond donors (Lipinski definition) is 3. The van der Waals surface area contributed by atoms with E-state index in [4.69, 9.17) is 37.0 Å². The Kier molecular flexibility index (Phi) is 70.6. The molecule has 582 valence electrons. The van der Waals surface area contributed by atoms with Crippen molar-refractivity contribution in [1.29, 1.82) is 0 Å². The Morgan fingerprint density at radius 2 is 0.469 bits per heavy atom. The van der Waals surface area contributed by atoms with Crippen molar-refractivity contribution in [3.63, 3.8) is 0 Å². The molecule has 17 nitrogen and oxygen atoms in total. The van der Waals surface area contributed by atoms with Gasteiger partial charge in [0.25, 0.3) is 0 Å². The number of hydrogen-bond acceptors (Lipinski definition) is 15. The average molecular weight is 1440 g/mol. The van der Waals surface area contributed by atoms with Crippen LogP contribution in [0.4, 0.5) is 0 Å². The molecule has 0 saturated carbocycles. The first-order valence-corrected chi connectivity index (χ1v) is 44.1. The van der Waals surface area contributed by atoms with Crippen LogP contribution in [0.25, 0.3) is 0 Å². The molecular formula is C79H154O17P2. The molecule has 0 aromatic heterocycles. The molecule has 0 radical (unpaired) electrons. The molecule has 0 amide bonds. The van der Waals surface area contributed by atoms with Crippen LogP contribution in [0.15, 0.2) is 0 Å². The largest absolute Gasteiger partial charge is 0.472 e. The number of phosphoric ester groups is 2. The summed E-state index contributed by atoms with van der Waals surface area (Å²) in [5.74, 6) is -1.34. The van der Waals surface area contributed by atoms with Gasteiger partial charge >= 0.3 is 39.5 Å². The molecule has 0 aliphatic carbocycles. The summed E-state index contributed by atoms with van der Waals surface area (Å²) >= 11 is 0. The van der Waals surface area contributed by atoms with E-state index in [2.05, 4.69) is 34.6 Å². The third kappa shape index (κ3) is 72.4. The molecule has 98 heavy (non-hydrogen) atoms. The topological polar surface area (TPSA) is 237 Å². The molecule has 2 unspecified atom stereocenters. The number of unbranched alkanes of at least 4 members (excludes halogenated alkanes) is 51. The molecule has 0 bridgehead atoms. The quantitative estimate of drug-likeness (QED) is 0.0222. The number of phosphoric acid groups is 2. The Labute approximate surface area is 600 Å². The lowest BCUT2D eigenvalue weighted by Gasteiger charge is -2.21. The third-order valence-corrected chi connectivity index (χ3v) is 20.4. The molecular weight excluding hydrogens is 1280 g/mol. The lowest BCUT2D eigenvalue weighted by Crippen LogP contribution is -2.30. The van der Waals surface area contributed by atoms with E-state index in [9.17, 15) is 43.2 Å². The zero-order valence-electron chi connectivity index (χ0n) is 63.9. The van der Waals surface area contributed by atoms with Crippen molar-refractivity contribution in [1.82, 2.24) is 0 Å². The molecule has 0 heterocycles. The van der Waals surface area contributed by atoms with Gasteiger partial charge in [0.2, 0.25) is 0 Å². The second-order valence-corrected chi connectivity index (χ2v) is 31.8. The fraction of sp³-hybridized carbons (Fsp3) is 0.949. The second-order valence-electron chi connectivity index (χ2n) is 28.9. The highest BCUT2D eigenvalue weighted by Gasteiger charge is 2.30. The number of carbonyl (C=O) groups excluding carboxylic acids is 4. The first-order chi connectivity index (χ1) is 47.5. The summed E-state index contributed by atoms with van der Waals surface area (Å²) < 4.78 is 68.7. The van der Waals surface area contributed by atoms with Gasteiger partial charge in [-0.2, -0.15) is 0 Å². The zero-order valence-corrected chi connectivity index (χ0v) is 65.7. The lowest BCUT2D eigenvalue weighted by molar-refractivity contribution is -0.161. The maximum absolute atomic E-state index is 13.1. The van der Waals surface area contributed by atoms with E-state index in [-0.39, 0.29) is 25.7 Å². The highest BCUT2D eigenvalue weighted by atomic mass is 31.2. The average Bonchev–Trinajstić information content (AvgIpc) is 1.10. The summed E-state index contributed by atoms with van der Waals surface area (Å²) in [6.07, 6.45) is 62.3. The fourth-order valence-electron chi connectivity index (χ4n) is 12.2. The van der Waals surface area contributed by atoms with Gasteiger partial charge in [0.15, 0.2) is 12.2 Å². The van der Waals surface area contributed by atoms with Crippen LogP contribution in [-0.4, -0.2) is 96.7 Å². The van der Waals surface area contributed by atoms with Crippen molar-refractivity contribution in [3.8, 4) is 0 Å². The molecule has 0 rings (SSSR count). The van der Waals surface area contributed by atoms with Gasteiger partial charge in [-0.15, -0.1) is 0 Å². The first-order valence-electron chi connectivity index (χ1n) is 41.1. The standard InChI is InChI=1S/C79H154O17P2/c1-6-9-12-15-18-21-24-26-28-30-32-34-39-44-49-54-59-64-78(83)95-75(69-90-77(82)63-58-53-48-43-38-33-31-29-27-25-22-19-16-13-10-7-2)71-94-98(87,88)92-67-73(80)66-91-97(85,86)93-70-74(68-89-76(81)62-57-52-47-42-36-23-20-17-14-11-8-3)96-79(84)65-60-55-50-45-40-35-37-41-46-51-56-61-72(4)5/h72-75,80H,6-71H2,1-5H3,(H,85,86)(H,87,88)/t73-,74+,75+/m0/s1. The third-order valence-electron chi connectivity index (χ3n) is 18.5. The second kappa shape index (κ2) is 72.0. The summed E-state index contributed by atoms with van der Waals surface area (Å²) in [6, 6.07) is 0. The fourth-order valence-corrected chi connectivity index (χ4v) is 13.8. The Hall–Kier alpha value is -1.94. The predicted octanol–water partition coefficient (Wildman–Crippen LogP) is 23.6. The first kappa shape index (κ1) is 96.1. The van der Waals surface area contributed by atoms with Crippen molar-refractivity contribution in [2.45, 2.75) is 438 Å². The predicted molar refractivity (Wildman–Crippen MR) is 400 cm³/mol. The van der Waals surface area contributed by atoms with Crippen molar-refractivity contribution >= 4 is 39.5 Å². The van der Waals surface area contributed by atoms with Gasteiger partial charge in [0.1, 0.15) is 19.3 Å². The SMILES string of the molecule is CCCCCCCCCCCCCCCCCCCC(=O)O[C@H](COC(=O)CCCCCCCCCCCCCCCCCC)COP(=O)(O)OC[C@@H](O)COP(=O)(O)OC[C@@H](COC(=O)CCCCCCCCCCCCC)OC(=O)CCCCCCCCCCCCCC(C)C. The van der Waals surface area contributed by atoms with Crippen LogP contribution in [-0.2, 0) is 65.4 Å². The van der Waals surface area contributed by atoms with Gasteiger partial charge in [-0.25, -0.2) is 9.13 Å². The van der Waals surface area contributed by atoms with Crippen LogP contribution >= 0.6 is 15.6 Å². The minimum atomic E-state index is -4.96.